The highest BCUT2D eigenvalue weighted by molar-refractivity contribution is 6.37. The second-order valence-corrected chi connectivity index (χ2v) is 9.84. The fraction of sp³-hybridized carbons (Fsp3) is 0.417. The molecule has 2 amide bonds. The number of piperazine rings is 1. The smallest absolute Gasteiger partial charge is 0.252 e. The molecular weight excluding hydrogens is 518 g/mol. The number of carbonyl (C=O) groups is 2. The number of amides is 2. The van der Waals surface area contributed by atoms with Gasteiger partial charge < -0.3 is 20.4 Å². The van der Waals surface area contributed by atoms with Gasteiger partial charge in [0.2, 0.25) is 0 Å². The zero-order valence-electron chi connectivity index (χ0n) is 18.8. The third-order valence-corrected chi connectivity index (χ3v) is 6.79. The van der Waals surface area contributed by atoms with Gasteiger partial charge in [0.25, 0.3) is 11.8 Å². The summed E-state index contributed by atoms with van der Waals surface area (Å²) in [6, 6.07) is 9.73. The lowest BCUT2D eigenvalue weighted by Crippen LogP contribution is -2.47. The summed E-state index contributed by atoms with van der Waals surface area (Å²) in [4.78, 5) is 29.3. The molecule has 0 atom stereocenters. The van der Waals surface area contributed by atoms with Crippen molar-refractivity contribution in [2.75, 3.05) is 52.4 Å². The van der Waals surface area contributed by atoms with Gasteiger partial charge in [-0.15, -0.1) is 0 Å². The van der Waals surface area contributed by atoms with E-state index in [1.165, 1.54) is 0 Å². The van der Waals surface area contributed by atoms with E-state index in [4.69, 9.17) is 46.4 Å². The molecule has 1 aliphatic heterocycles. The lowest BCUT2D eigenvalue weighted by atomic mass is 10.2. The first kappa shape index (κ1) is 27.1. The lowest BCUT2D eigenvalue weighted by molar-refractivity contribution is 0.0935. The highest BCUT2D eigenvalue weighted by Gasteiger charge is 2.17. The molecule has 10 heteroatoms. The molecule has 6 nitrogen and oxygen atoms in total. The molecule has 34 heavy (non-hydrogen) atoms. The van der Waals surface area contributed by atoms with E-state index in [1.54, 1.807) is 36.4 Å². The molecule has 1 fully saturated rings. The highest BCUT2D eigenvalue weighted by atomic mass is 35.5. The summed E-state index contributed by atoms with van der Waals surface area (Å²) in [6.07, 6.45) is 1.74. The lowest BCUT2D eigenvalue weighted by Gasteiger charge is -2.34. The Bertz CT molecular complexity index is 917. The topological polar surface area (TPSA) is 64.7 Å². The van der Waals surface area contributed by atoms with Gasteiger partial charge in [0, 0.05) is 49.3 Å². The normalized spacial score (nSPS) is 14.7. The summed E-state index contributed by atoms with van der Waals surface area (Å²) in [5.74, 6) is -0.367. The maximum atomic E-state index is 12.3. The first-order chi connectivity index (χ1) is 16.3. The molecular formula is C24H28Cl4N4O2. The molecule has 2 aromatic rings. The number of halogens is 4. The van der Waals surface area contributed by atoms with Crippen LogP contribution < -0.4 is 10.6 Å². The van der Waals surface area contributed by atoms with Crippen molar-refractivity contribution >= 4 is 58.2 Å². The van der Waals surface area contributed by atoms with Crippen molar-refractivity contribution in [2.45, 2.75) is 12.8 Å². The summed E-state index contributed by atoms with van der Waals surface area (Å²) in [7, 11) is 0. The van der Waals surface area contributed by atoms with Gasteiger partial charge in [0.05, 0.1) is 21.2 Å². The first-order valence-corrected chi connectivity index (χ1v) is 12.8. The van der Waals surface area contributed by atoms with Gasteiger partial charge >= 0.3 is 0 Å². The maximum Gasteiger partial charge on any atom is 0.252 e. The van der Waals surface area contributed by atoms with Crippen molar-refractivity contribution in [3.8, 4) is 0 Å². The monoisotopic (exact) mass is 544 g/mol. The van der Waals surface area contributed by atoms with Crippen molar-refractivity contribution in [3.63, 3.8) is 0 Å². The molecule has 184 valence electrons. The van der Waals surface area contributed by atoms with E-state index in [2.05, 4.69) is 20.4 Å². The fourth-order valence-electron chi connectivity index (χ4n) is 3.78. The average Bonchev–Trinajstić information content (AvgIpc) is 2.80. The van der Waals surface area contributed by atoms with Gasteiger partial charge in [-0.25, -0.2) is 0 Å². The molecule has 1 aliphatic rings. The molecule has 0 bridgehead atoms. The van der Waals surface area contributed by atoms with E-state index < -0.39 is 0 Å². The van der Waals surface area contributed by atoms with Crippen molar-refractivity contribution < 1.29 is 9.59 Å². The molecule has 2 aromatic carbocycles. The molecule has 1 heterocycles. The number of hydrogen-bond acceptors (Lipinski definition) is 4. The van der Waals surface area contributed by atoms with Gasteiger partial charge in [-0.05, 0) is 62.3 Å². The van der Waals surface area contributed by atoms with Crippen LogP contribution in [0.2, 0.25) is 20.1 Å². The second kappa shape index (κ2) is 13.5. The third-order valence-electron chi connectivity index (χ3n) is 5.69. The van der Waals surface area contributed by atoms with E-state index in [-0.39, 0.29) is 11.8 Å². The summed E-state index contributed by atoms with van der Waals surface area (Å²) in [6.45, 7) is 7.01. The van der Waals surface area contributed by atoms with Gasteiger partial charge in [-0.2, -0.15) is 0 Å². The molecule has 0 spiro atoms. The van der Waals surface area contributed by atoms with E-state index in [0.717, 1.165) is 52.1 Å². The Balaban J connectivity index is 1.25. The van der Waals surface area contributed by atoms with Crippen LogP contribution in [0.1, 0.15) is 33.6 Å². The van der Waals surface area contributed by atoms with Gasteiger partial charge in [-0.1, -0.05) is 46.4 Å². The van der Waals surface area contributed by atoms with E-state index in [9.17, 15) is 9.59 Å². The molecule has 0 aromatic heterocycles. The van der Waals surface area contributed by atoms with Gasteiger partial charge in [0.1, 0.15) is 0 Å². The highest BCUT2D eigenvalue weighted by Crippen LogP contribution is 2.21. The van der Waals surface area contributed by atoms with Crippen LogP contribution >= 0.6 is 46.4 Å². The minimum absolute atomic E-state index is 0.183. The first-order valence-electron chi connectivity index (χ1n) is 11.2. The Morgan fingerprint density at radius 2 is 1.06 bits per heavy atom. The van der Waals surface area contributed by atoms with Crippen LogP contribution in [-0.4, -0.2) is 74.0 Å². The van der Waals surface area contributed by atoms with Crippen molar-refractivity contribution in [1.82, 2.24) is 20.4 Å². The van der Waals surface area contributed by atoms with Crippen LogP contribution in [-0.2, 0) is 0 Å². The van der Waals surface area contributed by atoms with Crippen molar-refractivity contribution in [3.05, 3.63) is 67.6 Å². The van der Waals surface area contributed by atoms with Crippen molar-refractivity contribution in [1.29, 1.82) is 0 Å². The van der Waals surface area contributed by atoms with Crippen LogP contribution in [0.4, 0.5) is 0 Å². The second-order valence-electron chi connectivity index (χ2n) is 8.15. The Hall–Kier alpha value is -1.54. The molecule has 3 rings (SSSR count). The van der Waals surface area contributed by atoms with Gasteiger partial charge in [-0.3, -0.25) is 9.59 Å². The van der Waals surface area contributed by atoms with Gasteiger partial charge in [0.15, 0.2) is 0 Å². The zero-order chi connectivity index (χ0) is 24.5. The summed E-state index contributed by atoms with van der Waals surface area (Å²) in [5.41, 5.74) is 0.874. The number of rotatable bonds is 10. The minimum Gasteiger partial charge on any atom is -0.352 e. The Morgan fingerprint density at radius 1 is 0.676 bits per heavy atom. The van der Waals surface area contributed by atoms with E-state index >= 15 is 0 Å². The average molecular weight is 546 g/mol. The number of carbonyl (C=O) groups excluding carboxylic acids is 2. The number of hydrogen-bond donors (Lipinski definition) is 2. The van der Waals surface area contributed by atoms with E-state index in [0.29, 0.717) is 44.3 Å². The summed E-state index contributed by atoms with van der Waals surface area (Å²) < 4.78 is 0. The van der Waals surface area contributed by atoms with Crippen LogP contribution in [0.25, 0.3) is 0 Å². The largest absolute Gasteiger partial charge is 0.352 e. The predicted molar refractivity (Wildman–Crippen MR) is 140 cm³/mol. The third kappa shape index (κ3) is 8.29. The molecule has 2 N–H and O–H groups in total. The number of nitrogens with zero attached hydrogens (tertiary/aromatic N) is 2. The number of nitrogens with one attached hydrogen (secondary N) is 2. The van der Waals surface area contributed by atoms with Crippen LogP contribution in [0.3, 0.4) is 0 Å². The summed E-state index contributed by atoms with van der Waals surface area (Å²) in [5, 5.41) is 7.56. The standard InChI is InChI=1S/C24H28Cl4N4O2/c25-17-3-5-19(21(27)15-17)23(33)29-7-1-9-31-11-13-32(14-12-31)10-2-8-30-24(34)20-6-4-18(26)16-22(20)28/h3-6,15-16H,1-2,7-14H2,(H,29,33)(H,30,34). The molecule has 0 radical (unpaired) electrons. The zero-order valence-corrected chi connectivity index (χ0v) is 21.8. The maximum absolute atomic E-state index is 12.3. The molecule has 0 unspecified atom stereocenters. The van der Waals surface area contributed by atoms with Crippen LogP contribution in [0, 0.1) is 0 Å². The van der Waals surface area contributed by atoms with Crippen LogP contribution in [0.15, 0.2) is 36.4 Å². The molecule has 0 aliphatic carbocycles. The Labute approximate surface area is 220 Å². The van der Waals surface area contributed by atoms with Crippen LogP contribution in [0.5, 0.6) is 0 Å². The Kier molecular flexibility index (Phi) is 10.8. The summed E-state index contributed by atoms with van der Waals surface area (Å²) >= 11 is 23.9. The SMILES string of the molecule is O=C(NCCCN1CCN(CCCNC(=O)c2ccc(Cl)cc2Cl)CC1)c1ccc(Cl)cc1Cl. The number of benzene rings is 2. The molecule has 0 saturated carbocycles. The quantitative estimate of drug-likeness (QED) is 0.418. The predicted octanol–water partition coefficient (Wildman–Crippen LogP) is 4.86. The molecule has 1 saturated heterocycles. The fourth-order valence-corrected chi connectivity index (χ4v) is 4.77. The van der Waals surface area contributed by atoms with Crippen molar-refractivity contribution in [2.24, 2.45) is 0 Å². The Morgan fingerprint density at radius 3 is 1.41 bits per heavy atom. The minimum atomic E-state index is -0.183. The van der Waals surface area contributed by atoms with E-state index in [1.807, 2.05) is 0 Å².